The second kappa shape index (κ2) is 5.09. The monoisotopic (exact) mass is 302 g/mol. The molecule has 3 rings (SSSR count). The first-order valence-corrected chi connectivity index (χ1v) is 7.68. The molecule has 0 saturated carbocycles. The number of carbonyl (C=O) groups excluding carboxylic acids is 2. The summed E-state index contributed by atoms with van der Waals surface area (Å²) in [4.78, 5) is 24.5. The average molecular weight is 302 g/mol. The van der Waals surface area contributed by atoms with E-state index in [1.807, 2.05) is 26.0 Å². The number of amides is 2. The lowest BCUT2D eigenvalue weighted by atomic mass is 9.85. The third-order valence-electron chi connectivity index (χ3n) is 4.78. The number of benzene rings is 1. The first-order valence-electron chi connectivity index (χ1n) is 7.68. The van der Waals surface area contributed by atoms with Gasteiger partial charge in [0.25, 0.3) is 5.91 Å². The number of carbonyl (C=O) groups is 2. The van der Waals surface area contributed by atoms with Crippen LogP contribution in [0.2, 0.25) is 0 Å². The van der Waals surface area contributed by atoms with Crippen LogP contribution in [0.4, 0.5) is 5.69 Å². The van der Waals surface area contributed by atoms with Crippen LogP contribution in [-0.2, 0) is 14.9 Å². The lowest BCUT2D eigenvalue weighted by Crippen LogP contribution is -2.49. The van der Waals surface area contributed by atoms with Crippen molar-refractivity contribution in [3.63, 3.8) is 0 Å². The highest BCUT2D eigenvalue weighted by Crippen LogP contribution is 2.37. The normalized spacial score (nSPS) is 21.9. The van der Waals surface area contributed by atoms with Crippen LogP contribution in [-0.4, -0.2) is 30.6 Å². The van der Waals surface area contributed by atoms with Crippen LogP contribution < -0.4 is 10.6 Å². The number of hydrogen-bond acceptors (Lipinski definition) is 3. The molecule has 1 aromatic carbocycles. The first kappa shape index (κ1) is 15.0. The molecule has 2 N–H and O–H groups in total. The Hall–Kier alpha value is -1.88. The lowest BCUT2D eigenvalue weighted by Gasteiger charge is -2.34. The van der Waals surface area contributed by atoms with Gasteiger partial charge in [-0.05, 0) is 57.4 Å². The highest BCUT2D eigenvalue weighted by atomic mass is 16.5. The molecule has 5 nitrogen and oxygen atoms in total. The summed E-state index contributed by atoms with van der Waals surface area (Å²) in [6, 6.07) is 5.40. The van der Waals surface area contributed by atoms with Crippen molar-refractivity contribution >= 4 is 17.5 Å². The molecule has 5 heteroatoms. The Bertz CT molecular complexity index is 631. The van der Waals surface area contributed by atoms with Gasteiger partial charge in [-0.1, -0.05) is 0 Å². The molecule has 2 heterocycles. The van der Waals surface area contributed by atoms with Gasteiger partial charge in [-0.15, -0.1) is 0 Å². The van der Waals surface area contributed by atoms with Gasteiger partial charge in [0.05, 0.1) is 5.41 Å². The van der Waals surface area contributed by atoms with Crippen LogP contribution in [0.1, 0.15) is 49.5 Å². The fourth-order valence-electron chi connectivity index (χ4n) is 3.01. The third kappa shape index (κ3) is 2.50. The Kier molecular flexibility index (Phi) is 3.48. The number of rotatable bonds is 2. The molecule has 118 valence electrons. The molecule has 2 amide bonds. The molecule has 1 aromatic rings. The van der Waals surface area contributed by atoms with Crippen molar-refractivity contribution in [2.45, 2.75) is 44.6 Å². The molecule has 0 aromatic heterocycles. The summed E-state index contributed by atoms with van der Waals surface area (Å²) in [5, 5.41) is 5.97. The van der Waals surface area contributed by atoms with E-state index in [2.05, 4.69) is 17.6 Å². The summed E-state index contributed by atoms with van der Waals surface area (Å²) >= 11 is 0. The van der Waals surface area contributed by atoms with E-state index in [1.54, 1.807) is 6.07 Å². The minimum atomic E-state index is -0.603. The van der Waals surface area contributed by atoms with Crippen molar-refractivity contribution in [1.82, 2.24) is 5.32 Å². The standard InChI is InChI=1S/C17H22N2O3/c1-16(2)12-10-11(4-5-13(12)18-15(16)21)14(20)19-17(3)6-8-22-9-7-17/h4-5,10H,6-9H2,1-3H3,(H,18,21)(H,19,20). The van der Waals surface area contributed by atoms with Gasteiger partial charge in [0.15, 0.2) is 0 Å². The fraction of sp³-hybridized carbons (Fsp3) is 0.529. The molecule has 1 saturated heterocycles. The van der Waals surface area contributed by atoms with E-state index in [1.165, 1.54) is 0 Å². The van der Waals surface area contributed by atoms with Gasteiger partial charge in [-0.2, -0.15) is 0 Å². The minimum Gasteiger partial charge on any atom is -0.381 e. The Labute approximate surface area is 130 Å². The van der Waals surface area contributed by atoms with E-state index in [0.717, 1.165) is 24.1 Å². The van der Waals surface area contributed by atoms with Gasteiger partial charge in [-0.25, -0.2) is 0 Å². The van der Waals surface area contributed by atoms with E-state index in [0.29, 0.717) is 18.8 Å². The third-order valence-corrected chi connectivity index (χ3v) is 4.78. The molecule has 22 heavy (non-hydrogen) atoms. The van der Waals surface area contributed by atoms with Crippen molar-refractivity contribution in [2.24, 2.45) is 0 Å². The Morgan fingerprint density at radius 1 is 1.23 bits per heavy atom. The molecule has 1 fully saturated rings. The predicted molar refractivity (Wildman–Crippen MR) is 84.0 cm³/mol. The SMILES string of the molecule is CC1(NC(=O)c2ccc3c(c2)C(C)(C)C(=O)N3)CCOCC1. The largest absolute Gasteiger partial charge is 0.381 e. The van der Waals surface area contributed by atoms with Crippen LogP contribution in [0.3, 0.4) is 0 Å². The quantitative estimate of drug-likeness (QED) is 0.880. The zero-order valence-corrected chi connectivity index (χ0v) is 13.3. The molecular formula is C17H22N2O3. The van der Waals surface area contributed by atoms with Crippen molar-refractivity contribution < 1.29 is 14.3 Å². The van der Waals surface area contributed by atoms with E-state index in [-0.39, 0.29) is 17.4 Å². The molecule has 2 aliphatic heterocycles. The van der Waals surface area contributed by atoms with Gasteiger partial charge >= 0.3 is 0 Å². The van der Waals surface area contributed by atoms with Gasteiger partial charge in [-0.3, -0.25) is 9.59 Å². The highest BCUT2D eigenvalue weighted by molar-refractivity contribution is 6.07. The van der Waals surface area contributed by atoms with Gasteiger partial charge in [0.1, 0.15) is 0 Å². The highest BCUT2D eigenvalue weighted by Gasteiger charge is 2.39. The topological polar surface area (TPSA) is 67.4 Å². The molecular weight excluding hydrogens is 280 g/mol. The van der Waals surface area contributed by atoms with Crippen molar-refractivity contribution in [3.8, 4) is 0 Å². The molecule has 0 radical (unpaired) electrons. The maximum absolute atomic E-state index is 12.6. The molecule has 2 aliphatic rings. The van der Waals surface area contributed by atoms with Crippen molar-refractivity contribution in [2.75, 3.05) is 18.5 Å². The van der Waals surface area contributed by atoms with Gasteiger partial charge in [0.2, 0.25) is 5.91 Å². The molecule has 0 bridgehead atoms. The summed E-state index contributed by atoms with van der Waals surface area (Å²) < 4.78 is 5.35. The molecule has 0 unspecified atom stereocenters. The zero-order valence-electron chi connectivity index (χ0n) is 13.3. The number of nitrogens with one attached hydrogen (secondary N) is 2. The maximum Gasteiger partial charge on any atom is 0.251 e. The van der Waals surface area contributed by atoms with Crippen LogP contribution in [0.5, 0.6) is 0 Å². The number of hydrogen-bond donors (Lipinski definition) is 2. The first-order chi connectivity index (χ1) is 10.3. The second-order valence-electron chi connectivity index (χ2n) is 6.97. The van der Waals surface area contributed by atoms with Gasteiger partial charge < -0.3 is 15.4 Å². The number of anilines is 1. The Balaban J connectivity index is 1.83. The molecule has 0 aliphatic carbocycles. The smallest absolute Gasteiger partial charge is 0.251 e. The second-order valence-corrected chi connectivity index (χ2v) is 6.97. The zero-order chi connectivity index (χ0) is 16.0. The van der Waals surface area contributed by atoms with Crippen LogP contribution >= 0.6 is 0 Å². The average Bonchev–Trinajstić information content (AvgIpc) is 2.69. The Morgan fingerprint density at radius 3 is 2.59 bits per heavy atom. The Morgan fingerprint density at radius 2 is 1.91 bits per heavy atom. The van der Waals surface area contributed by atoms with Crippen molar-refractivity contribution in [1.29, 1.82) is 0 Å². The van der Waals surface area contributed by atoms with E-state index in [4.69, 9.17) is 4.74 Å². The van der Waals surface area contributed by atoms with Gasteiger partial charge in [0, 0.05) is 30.0 Å². The predicted octanol–water partition coefficient (Wildman–Crippen LogP) is 2.22. The summed E-state index contributed by atoms with van der Waals surface area (Å²) in [6.45, 7) is 7.14. The van der Waals surface area contributed by atoms with Crippen LogP contribution in [0.25, 0.3) is 0 Å². The van der Waals surface area contributed by atoms with E-state index < -0.39 is 5.41 Å². The number of ether oxygens (including phenoxy) is 1. The summed E-state index contributed by atoms with van der Waals surface area (Å²) in [6.07, 6.45) is 1.63. The summed E-state index contributed by atoms with van der Waals surface area (Å²) in [5.41, 5.74) is 1.44. The maximum atomic E-state index is 12.6. The summed E-state index contributed by atoms with van der Waals surface area (Å²) in [5.74, 6) is -0.126. The van der Waals surface area contributed by atoms with Crippen LogP contribution in [0.15, 0.2) is 18.2 Å². The van der Waals surface area contributed by atoms with Crippen LogP contribution in [0, 0.1) is 0 Å². The summed E-state index contributed by atoms with van der Waals surface area (Å²) in [7, 11) is 0. The minimum absolute atomic E-state index is 0.0311. The molecule has 0 atom stereocenters. The van der Waals surface area contributed by atoms with E-state index in [9.17, 15) is 9.59 Å². The van der Waals surface area contributed by atoms with Crippen molar-refractivity contribution in [3.05, 3.63) is 29.3 Å². The molecule has 0 spiro atoms. The fourth-order valence-corrected chi connectivity index (χ4v) is 3.01. The lowest BCUT2D eigenvalue weighted by molar-refractivity contribution is -0.119. The number of fused-ring (bicyclic) bond motifs is 1. The van der Waals surface area contributed by atoms with E-state index >= 15 is 0 Å².